The van der Waals surface area contributed by atoms with Gasteiger partial charge in [0, 0.05) is 12.1 Å². The molecule has 1 amide bonds. The monoisotopic (exact) mass is 383 g/mol. The van der Waals surface area contributed by atoms with Crippen molar-refractivity contribution >= 4 is 5.91 Å². The molecule has 0 aromatic heterocycles. The van der Waals surface area contributed by atoms with Gasteiger partial charge in [-0.15, -0.1) is 0 Å². The largest absolute Gasteiger partial charge is 0.497 e. The molecule has 8 heteroatoms. The highest BCUT2D eigenvalue weighted by Crippen LogP contribution is 2.24. The summed E-state index contributed by atoms with van der Waals surface area (Å²) in [7, 11) is 3.13. The maximum Gasteiger partial charge on any atom is 0.422 e. The zero-order valence-corrected chi connectivity index (χ0v) is 14.9. The first-order valence-electron chi connectivity index (χ1n) is 8.11. The number of hydrogen-bond acceptors (Lipinski definition) is 4. The van der Waals surface area contributed by atoms with Gasteiger partial charge >= 0.3 is 6.18 Å². The summed E-state index contributed by atoms with van der Waals surface area (Å²) in [5.74, 6) is 1.09. The van der Waals surface area contributed by atoms with E-state index in [1.54, 1.807) is 26.4 Å². The van der Waals surface area contributed by atoms with Crippen molar-refractivity contribution in [2.45, 2.75) is 12.6 Å². The summed E-state index contributed by atoms with van der Waals surface area (Å²) in [5.41, 5.74) is 1.21. The fourth-order valence-corrected chi connectivity index (χ4v) is 2.36. The fourth-order valence-electron chi connectivity index (χ4n) is 2.36. The lowest BCUT2D eigenvalue weighted by Gasteiger charge is -2.12. The Bertz CT molecular complexity index is 761. The van der Waals surface area contributed by atoms with Crippen LogP contribution in [-0.2, 0) is 6.42 Å². The fraction of sp³-hybridized carbons (Fsp3) is 0.316. The number of carbonyl (C=O) groups is 1. The Morgan fingerprint density at radius 2 is 1.67 bits per heavy atom. The first-order chi connectivity index (χ1) is 12.8. The summed E-state index contributed by atoms with van der Waals surface area (Å²) in [6.45, 7) is -1.02. The smallest absolute Gasteiger partial charge is 0.422 e. The molecule has 0 atom stereocenters. The number of benzene rings is 2. The molecule has 27 heavy (non-hydrogen) atoms. The minimum atomic E-state index is -4.41. The summed E-state index contributed by atoms with van der Waals surface area (Å²) in [5, 5.41) is 2.76. The topological polar surface area (TPSA) is 56.8 Å². The average Bonchev–Trinajstić information content (AvgIpc) is 2.66. The molecule has 0 saturated heterocycles. The molecule has 2 rings (SSSR count). The van der Waals surface area contributed by atoms with Gasteiger partial charge in [0.1, 0.15) is 17.2 Å². The van der Waals surface area contributed by atoms with E-state index in [2.05, 4.69) is 10.1 Å². The van der Waals surface area contributed by atoms with Gasteiger partial charge in [0.25, 0.3) is 5.91 Å². The van der Waals surface area contributed by atoms with Gasteiger partial charge < -0.3 is 19.5 Å². The molecule has 5 nitrogen and oxygen atoms in total. The molecule has 0 aliphatic carbocycles. The number of ether oxygens (including phenoxy) is 3. The van der Waals surface area contributed by atoms with Crippen LogP contribution < -0.4 is 19.5 Å². The van der Waals surface area contributed by atoms with E-state index >= 15 is 0 Å². The van der Waals surface area contributed by atoms with E-state index in [1.807, 2.05) is 6.07 Å². The molecule has 0 saturated carbocycles. The van der Waals surface area contributed by atoms with Gasteiger partial charge in [0.15, 0.2) is 6.61 Å². The number of amides is 1. The molecule has 1 N–H and O–H groups in total. The van der Waals surface area contributed by atoms with E-state index in [0.29, 0.717) is 30.0 Å². The Morgan fingerprint density at radius 1 is 1.00 bits per heavy atom. The van der Waals surface area contributed by atoms with Crippen molar-refractivity contribution in [2.24, 2.45) is 0 Å². The molecule has 146 valence electrons. The molecule has 0 heterocycles. The molecule has 0 fully saturated rings. The third-order valence-corrected chi connectivity index (χ3v) is 3.69. The van der Waals surface area contributed by atoms with Crippen molar-refractivity contribution in [3.05, 3.63) is 53.6 Å². The van der Waals surface area contributed by atoms with Crippen LogP contribution in [0.4, 0.5) is 13.2 Å². The third kappa shape index (κ3) is 6.40. The standard InChI is InChI=1S/C19H20F3NO4/c1-25-16-7-8-17(26-2)14(11-16)9-10-23-18(24)13-3-5-15(6-4-13)27-12-19(20,21)22/h3-8,11H,9-10,12H2,1-2H3,(H,23,24). The Labute approximate surface area is 155 Å². The summed E-state index contributed by atoms with van der Waals surface area (Å²) < 4.78 is 51.4. The van der Waals surface area contributed by atoms with Crippen molar-refractivity contribution in [1.82, 2.24) is 5.32 Å². The summed E-state index contributed by atoms with van der Waals surface area (Å²) in [6.07, 6.45) is -3.88. The quantitative estimate of drug-likeness (QED) is 0.757. The van der Waals surface area contributed by atoms with Crippen molar-refractivity contribution in [3.63, 3.8) is 0 Å². The number of hydrogen-bond donors (Lipinski definition) is 1. The van der Waals surface area contributed by atoms with Gasteiger partial charge in [-0.2, -0.15) is 13.2 Å². The molecule has 2 aromatic rings. The molecule has 0 radical (unpaired) electrons. The number of halogens is 3. The minimum absolute atomic E-state index is 0.0463. The Kier molecular flexibility index (Phi) is 6.92. The van der Waals surface area contributed by atoms with E-state index in [0.717, 1.165) is 5.56 Å². The van der Waals surface area contributed by atoms with Crippen LogP contribution >= 0.6 is 0 Å². The second-order valence-electron chi connectivity index (χ2n) is 5.61. The summed E-state index contributed by atoms with van der Waals surface area (Å²) in [6, 6.07) is 10.9. The molecule has 0 spiro atoms. The lowest BCUT2D eigenvalue weighted by Crippen LogP contribution is -2.25. The van der Waals surface area contributed by atoms with Crippen LogP contribution in [0.25, 0.3) is 0 Å². The number of methoxy groups -OCH3 is 2. The van der Waals surface area contributed by atoms with Gasteiger partial charge in [-0.1, -0.05) is 0 Å². The van der Waals surface area contributed by atoms with Crippen LogP contribution in [0.5, 0.6) is 17.2 Å². The first kappa shape index (κ1) is 20.4. The van der Waals surface area contributed by atoms with Crippen LogP contribution in [0.2, 0.25) is 0 Å². The SMILES string of the molecule is COc1ccc(OC)c(CCNC(=O)c2ccc(OCC(F)(F)F)cc2)c1. The maximum absolute atomic E-state index is 12.2. The van der Waals surface area contributed by atoms with Crippen molar-refractivity contribution in [1.29, 1.82) is 0 Å². The van der Waals surface area contributed by atoms with Gasteiger partial charge in [-0.25, -0.2) is 0 Å². The van der Waals surface area contributed by atoms with Crippen molar-refractivity contribution in [2.75, 3.05) is 27.4 Å². The number of nitrogens with one attached hydrogen (secondary N) is 1. The summed E-state index contributed by atoms with van der Waals surface area (Å²) in [4.78, 5) is 12.2. The van der Waals surface area contributed by atoms with Crippen molar-refractivity contribution in [3.8, 4) is 17.2 Å². The Hall–Kier alpha value is -2.90. The molecular formula is C19H20F3NO4. The highest BCUT2D eigenvalue weighted by atomic mass is 19.4. The van der Waals surface area contributed by atoms with Crippen LogP contribution in [-0.4, -0.2) is 39.5 Å². The zero-order valence-electron chi connectivity index (χ0n) is 14.9. The average molecular weight is 383 g/mol. The zero-order chi connectivity index (χ0) is 19.9. The lowest BCUT2D eigenvalue weighted by molar-refractivity contribution is -0.153. The van der Waals surface area contributed by atoms with E-state index in [1.165, 1.54) is 24.3 Å². The Morgan fingerprint density at radius 3 is 2.26 bits per heavy atom. The molecule has 0 aliphatic rings. The second-order valence-corrected chi connectivity index (χ2v) is 5.61. The van der Waals surface area contributed by atoms with Gasteiger partial charge in [0.05, 0.1) is 14.2 Å². The van der Waals surface area contributed by atoms with E-state index < -0.39 is 12.8 Å². The van der Waals surface area contributed by atoms with Crippen LogP contribution in [0.3, 0.4) is 0 Å². The molecular weight excluding hydrogens is 363 g/mol. The van der Waals surface area contributed by atoms with Crippen LogP contribution in [0.15, 0.2) is 42.5 Å². The van der Waals surface area contributed by atoms with Gasteiger partial charge in [-0.3, -0.25) is 4.79 Å². The number of alkyl halides is 3. The first-order valence-corrected chi connectivity index (χ1v) is 8.11. The second kappa shape index (κ2) is 9.16. The van der Waals surface area contributed by atoms with E-state index in [-0.39, 0.29) is 11.7 Å². The third-order valence-electron chi connectivity index (χ3n) is 3.69. The molecule has 0 unspecified atom stereocenters. The maximum atomic E-state index is 12.2. The minimum Gasteiger partial charge on any atom is -0.497 e. The predicted octanol–water partition coefficient (Wildman–Crippen LogP) is 3.62. The van der Waals surface area contributed by atoms with Crippen molar-refractivity contribution < 1.29 is 32.2 Å². The summed E-state index contributed by atoms with van der Waals surface area (Å²) >= 11 is 0. The van der Waals surface area contributed by atoms with Gasteiger partial charge in [0.2, 0.25) is 0 Å². The molecule has 0 aliphatic heterocycles. The number of carbonyl (C=O) groups excluding carboxylic acids is 1. The van der Waals surface area contributed by atoms with Gasteiger partial charge in [-0.05, 0) is 54.4 Å². The van der Waals surface area contributed by atoms with Crippen LogP contribution in [0, 0.1) is 0 Å². The van der Waals surface area contributed by atoms with Crippen LogP contribution in [0.1, 0.15) is 15.9 Å². The lowest BCUT2D eigenvalue weighted by atomic mass is 10.1. The Balaban J connectivity index is 1.89. The molecule has 2 aromatic carbocycles. The highest BCUT2D eigenvalue weighted by Gasteiger charge is 2.28. The van der Waals surface area contributed by atoms with E-state index in [4.69, 9.17) is 9.47 Å². The molecule has 0 bridgehead atoms. The number of rotatable bonds is 8. The normalized spacial score (nSPS) is 11.0. The van der Waals surface area contributed by atoms with E-state index in [9.17, 15) is 18.0 Å². The predicted molar refractivity (Wildman–Crippen MR) is 93.6 cm³/mol. The highest BCUT2D eigenvalue weighted by molar-refractivity contribution is 5.94.